The number of nitrogen functional groups attached to an aromatic ring is 1. The zero-order valence-electron chi connectivity index (χ0n) is 13.8. The highest BCUT2D eigenvalue weighted by atomic mass is 19.1. The molecule has 0 aliphatic carbocycles. The zero-order chi connectivity index (χ0) is 17.1. The number of halogens is 1. The van der Waals surface area contributed by atoms with Crippen LogP contribution in [-0.4, -0.2) is 41.9 Å². The number of amides is 1. The molecule has 1 aliphatic rings. The SMILES string of the molecule is Cc1cc(F)c(N)cc1C(=O)N1CCN(Cc2ccccc2)CC1. The number of hydrogen-bond donors (Lipinski definition) is 1. The van der Waals surface area contributed by atoms with Crippen molar-refractivity contribution in [1.29, 1.82) is 0 Å². The predicted molar refractivity (Wildman–Crippen MR) is 93.2 cm³/mol. The Hall–Kier alpha value is -2.40. The van der Waals surface area contributed by atoms with Crippen molar-refractivity contribution in [2.24, 2.45) is 0 Å². The van der Waals surface area contributed by atoms with Gasteiger partial charge in [-0.25, -0.2) is 4.39 Å². The maximum Gasteiger partial charge on any atom is 0.254 e. The van der Waals surface area contributed by atoms with Gasteiger partial charge in [-0.1, -0.05) is 30.3 Å². The zero-order valence-corrected chi connectivity index (χ0v) is 13.8. The minimum absolute atomic E-state index is 0.0201. The molecule has 1 heterocycles. The predicted octanol–water partition coefficient (Wildman–Crippen LogP) is 2.67. The average Bonchev–Trinajstić information content (AvgIpc) is 2.59. The molecule has 1 amide bonds. The van der Waals surface area contributed by atoms with E-state index in [4.69, 9.17) is 5.73 Å². The first-order valence-corrected chi connectivity index (χ1v) is 8.16. The number of carbonyl (C=O) groups excluding carboxylic acids is 1. The third kappa shape index (κ3) is 3.57. The fourth-order valence-corrected chi connectivity index (χ4v) is 3.04. The fraction of sp³-hybridized carbons (Fsp3) is 0.316. The third-order valence-corrected chi connectivity index (χ3v) is 4.48. The minimum Gasteiger partial charge on any atom is -0.396 e. The van der Waals surface area contributed by atoms with Gasteiger partial charge < -0.3 is 10.6 Å². The molecular formula is C19H22FN3O. The number of anilines is 1. The molecule has 0 saturated carbocycles. The lowest BCUT2D eigenvalue weighted by atomic mass is 10.1. The number of hydrogen-bond acceptors (Lipinski definition) is 3. The highest BCUT2D eigenvalue weighted by Crippen LogP contribution is 2.20. The Morgan fingerprint density at radius 1 is 1.12 bits per heavy atom. The number of nitrogens with two attached hydrogens (primary N) is 1. The van der Waals surface area contributed by atoms with Crippen LogP contribution in [0.2, 0.25) is 0 Å². The van der Waals surface area contributed by atoms with Gasteiger partial charge in [-0.05, 0) is 30.2 Å². The molecule has 2 aromatic carbocycles. The summed E-state index contributed by atoms with van der Waals surface area (Å²) >= 11 is 0. The van der Waals surface area contributed by atoms with Crippen LogP contribution < -0.4 is 5.73 Å². The number of rotatable bonds is 3. The first kappa shape index (κ1) is 16.5. The van der Waals surface area contributed by atoms with Gasteiger partial charge in [0.15, 0.2) is 0 Å². The van der Waals surface area contributed by atoms with E-state index in [9.17, 15) is 9.18 Å². The van der Waals surface area contributed by atoms with Crippen LogP contribution in [0, 0.1) is 12.7 Å². The van der Waals surface area contributed by atoms with Gasteiger partial charge >= 0.3 is 0 Å². The van der Waals surface area contributed by atoms with Gasteiger partial charge in [0.2, 0.25) is 0 Å². The minimum atomic E-state index is -0.475. The number of benzene rings is 2. The van der Waals surface area contributed by atoms with E-state index in [0.717, 1.165) is 19.6 Å². The van der Waals surface area contributed by atoms with E-state index < -0.39 is 5.82 Å². The topological polar surface area (TPSA) is 49.6 Å². The summed E-state index contributed by atoms with van der Waals surface area (Å²) in [5.41, 5.74) is 8.02. The molecule has 5 heteroatoms. The van der Waals surface area contributed by atoms with E-state index >= 15 is 0 Å². The maximum absolute atomic E-state index is 13.5. The summed E-state index contributed by atoms with van der Waals surface area (Å²) in [6, 6.07) is 13.1. The molecule has 2 aromatic rings. The van der Waals surface area contributed by atoms with Gasteiger partial charge in [0.1, 0.15) is 5.82 Å². The molecular weight excluding hydrogens is 305 g/mol. The highest BCUT2D eigenvalue weighted by Gasteiger charge is 2.23. The second kappa shape index (κ2) is 7.01. The van der Waals surface area contributed by atoms with Gasteiger partial charge in [0, 0.05) is 38.3 Å². The van der Waals surface area contributed by atoms with Gasteiger partial charge in [-0.15, -0.1) is 0 Å². The summed E-state index contributed by atoms with van der Waals surface area (Å²) < 4.78 is 13.5. The summed E-state index contributed by atoms with van der Waals surface area (Å²) in [7, 11) is 0. The van der Waals surface area contributed by atoms with Crippen LogP contribution in [0.5, 0.6) is 0 Å². The van der Waals surface area contributed by atoms with E-state index in [1.54, 1.807) is 6.92 Å². The van der Waals surface area contributed by atoms with Gasteiger partial charge in [-0.2, -0.15) is 0 Å². The molecule has 2 N–H and O–H groups in total. The van der Waals surface area contributed by atoms with Crippen LogP contribution in [0.15, 0.2) is 42.5 Å². The van der Waals surface area contributed by atoms with Crippen molar-refractivity contribution in [2.45, 2.75) is 13.5 Å². The van der Waals surface area contributed by atoms with E-state index in [1.165, 1.54) is 17.7 Å². The Balaban J connectivity index is 1.62. The van der Waals surface area contributed by atoms with E-state index in [-0.39, 0.29) is 11.6 Å². The molecule has 24 heavy (non-hydrogen) atoms. The molecule has 0 spiro atoms. The van der Waals surface area contributed by atoms with E-state index in [2.05, 4.69) is 17.0 Å². The second-order valence-electron chi connectivity index (χ2n) is 6.24. The van der Waals surface area contributed by atoms with Crippen molar-refractivity contribution < 1.29 is 9.18 Å². The molecule has 126 valence electrons. The summed E-state index contributed by atoms with van der Waals surface area (Å²) in [4.78, 5) is 16.8. The molecule has 3 rings (SSSR count). The lowest BCUT2D eigenvalue weighted by Gasteiger charge is -2.35. The Labute approximate surface area is 141 Å². The van der Waals surface area contributed by atoms with Crippen molar-refractivity contribution in [3.05, 3.63) is 65.0 Å². The molecule has 1 fully saturated rings. The van der Waals surface area contributed by atoms with Crippen LogP contribution in [-0.2, 0) is 6.54 Å². The van der Waals surface area contributed by atoms with Gasteiger partial charge in [-0.3, -0.25) is 9.69 Å². The van der Waals surface area contributed by atoms with Crippen molar-refractivity contribution in [3.8, 4) is 0 Å². The molecule has 1 aliphatic heterocycles. The number of nitrogens with zero attached hydrogens (tertiary/aromatic N) is 2. The van der Waals surface area contributed by atoms with Crippen LogP contribution in [0.3, 0.4) is 0 Å². The molecule has 1 saturated heterocycles. The summed E-state index contributed by atoms with van der Waals surface area (Å²) in [5, 5.41) is 0. The first-order valence-electron chi connectivity index (χ1n) is 8.16. The normalized spacial score (nSPS) is 15.5. The molecule has 0 atom stereocenters. The Morgan fingerprint density at radius 3 is 2.46 bits per heavy atom. The van der Waals surface area contributed by atoms with Crippen molar-refractivity contribution >= 4 is 11.6 Å². The number of piperazine rings is 1. The summed E-state index contributed by atoms with van der Waals surface area (Å²) in [6.07, 6.45) is 0. The lowest BCUT2D eigenvalue weighted by molar-refractivity contribution is 0.0628. The molecule has 0 radical (unpaired) electrons. The highest BCUT2D eigenvalue weighted by molar-refractivity contribution is 5.96. The largest absolute Gasteiger partial charge is 0.396 e. The average molecular weight is 327 g/mol. The molecule has 4 nitrogen and oxygen atoms in total. The van der Waals surface area contributed by atoms with E-state index in [1.807, 2.05) is 23.1 Å². The number of carbonyl (C=O) groups is 1. The summed E-state index contributed by atoms with van der Waals surface area (Å²) in [6.45, 7) is 5.63. The third-order valence-electron chi connectivity index (χ3n) is 4.48. The van der Waals surface area contributed by atoms with Crippen LogP contribution >= 0.6 is 0 Å². The van der Waals surface area contributed by atoms with Crippen LogP contribution in [0.4, 0.5) is 10.1 Å². The van der Waals surface area contributed by atoms with E-state index in [0.29, 0.717) is 24.2 Å². The van der Waals surface area contributed by atoms with Crippen molar-refractivity contribution in [2.75, 3.05) is 31.9 Å². The standard InChI is InChI=1S/C19H22FN3O/c1-14-11-17(20)18(21)12-16(14)19(24)23-9-7-22(8-10-23)13-15-5-3-2-4-6-15/h2-6,11-12H,7-10,13,21H2,1H3. The Morgan fingerprint density at radius 2 is 1.79 bits per heavy atom. The lowest BCUT2D eigenvalue weighted by Crippen LogP contribution is -2.48. The molecule has 0 bridgehead atoms. The Kier molecular flexibility index (Phi) is 4.81. The maximum atomic E-state index is 13.5. The smallest absolute Gasteiger partial charge is 0.254 e. The Bertz CT molecular complexity index is 725. The molecule has 0 aromatic heterocycles. The first-order chi connectivity index (χ1) is 11.5. The van der Waals surface area contributed by atoms with Gasteiger partial charge in [0.05, 0.1) is 5.69 Å². The monoisotopic (exact) mass is 327 g/mol. The van der Waals surface area contributed by atoms with Crippen molar-refractivity contribution in [1.82, 2.24) is 9.80 Å². The summed E-state index contributed by atoms with van der Waals surface area (Å²) in [5.74, 6) is -0.546. The van der Waals surface area contributed by atoms with Crippen LogP contribution in [0.25, 0.3) is 0 Å². The molecule has 0 unspecified atom stereocenters. The van der Waals surface area contributed by atoms with Crippen LogP contribution in [0.1, 0.15) is 21.5 Å². The fourth-order valence-electron chi connectivity index (χ4n) is 3.04. The number of aryl methyl sites for hydroxylation is 1. The second-order valence-corrected chi connectivity index (χ2v) is 6.24. The van der Waals surface area contributed by atoms with Crippen molar-refractivity contribution in [3.63, 3.8) is 0 Å². The quantitative estimate of drug-likeness (QED) is 0.882. The van der Waals surface area contributed by atoms with Gasteiger partial charge in [0.25, 0.3) is 5.91 Å².